The Morgan fingerprint density at radius 1 is 1.47 bits per heavy atom. The van der Waals surface area contributed by atoms with Gasteiger partial charge in [0.1, 0.15) is 6.04 Å². The van der Waals surface area contributed by atoms with E-state index in [9.17, 15) is 14.2 Å². The van der Waals surface area contributed by atoms with E-state index >= 15 is 0 Å². The zero-order valence-corrected chi connectivity index (χ0v) is 9.63. The third-order valence-corrected chi connectivity index (χ3v) is 2.76. The molecule has 4 N–H and O–H groups in total. The van der Waals surface area contributed by atoms with E-state index in [1.54, 1.807) is 11.2 Å². The van der Waals surface area contributed by atoms with Crippen molar-refractivity contribution < 1.29 is 29.0 Å². The second-order valence-electron chi connectivity index (χ2n) is 3.55. The van der Waals surface area contributed by atoms with Crippen LogP contribution in [0.4, 0.5) is 0 Å². The quantitative estimate of drug-likeness (QED) is 0.512. The number of carbonyl (C=O) groups excluding carboxylic acids is 1. The fraction of sp³-hybridized carbons (Fsp3) is 0.333. The Labute approximate surface area is 97.0 Å². The number of ketones is 1. The van der Waals surface area contributed by atoms with E-state index in [2.05, 4.69) is 0 Å². The second kappa shape index (κ2) is 5.37. The van der Waals surface area contributed by atoms with Crippen molar-refractivity contribution in [2.24, 2.45) is 0 Å². The summed E-state index contributed by atoms with van der Waals surface area (Å²) in [4.78, 5) is 39.0. The minimum Gasteiger partial charge on any atom is -0.480 e. The lowest BCUT2D eigenvalue weighted by atomic mass is 10.00. The molecular weight excluding hydrogens is 249 g/mol. The van der Waals surface area contributed by atoms with Crippen molar-refractivity contribution in [3.63, 3.8) is 0 Å². The number of carboxylic acid groups (broad SMARTS) is 1. The van der Waals surface area contributed by atoms with Crippen molar-refractivity contribution in [3.8, 4) is 0 Å². The zero-order chi connectivity index (χ0) is 13.1. The summed E-state index contributed by atoms with van der Waals surface area (Å²) in [5.74, 6) is -1.46. The molecule has 0 saturated carbocycles. The standard InChI is InChI=1S/C9H12NO6P/c11-7-3-1-6(2-4-7)5-8(9(12)13)10-17(14,15)16/h1-3,8H,4-5H2,(H,12,13)(H3,10,14,15,16)/t8-/m0/s1. The number of hydrogen-bond donors (Lipinski definition) is 4. The van der Waals surface area contributed by atoms with E-state index in [4.69, 9.17) is 14.9 Å². The largest absolute Gasteiger partial charge is 0.480 e. The smallest absolute Gasteiger partial charge is 0.401 e. The van der Waals surface area contributed by atoms with Crippen molar-refractivity contribution in [3.05, 3.63) is 23.8 Å². The third kappa shape index (κ3) is 5.06. The van der Waals surface area contributed by atoms with Crippen LogP contribution in [0.3, 0.4) is 0 Å². The molecule has 0 aromatic carbocycles. The molecule has 17 heavy (non-hydrogen) atoms. The first kappa shape index (κ1) is 13.8. The molecule has 0 aromatic rings. The van der Waals surface area contributed by atoms with E-state index in [1.807, 2.05) is 0 Å². The van der Waals surface area contributed by atoms with Crippen LogP contribution in [0.5, 0.6) is 0 Å². The molecule has 8 heteroatoms. The molecule has 0 unspecified atom stereocenters. The molecule has 1 atom stereocenters. The Bertz CT molecular complexity index is 435. The third-order valence-electron chi connectivity index (χ3n) is 2.11. The molecule has 1 aliphatic carbocycles. The van der Waals surface area contributed by atoms with E-state index in [0.717, 1.165) is 0 Å². The van der Waals surface area contributed by atoms with Gasteiger partial charge < -0.3 is 14.9 Å². The maximum Gasteiger partial charge on any atom is 0.401 e. The van der Waals surface area contributed by atoms with Crippen LogP contribution >= 0.6 is 7.75 Å². The fourth-order valence-electron chi connectivity index (χ4n) is 1.35. The first-order chi connectivity index (χ1) is 7.78. The van der Waals surface area contributed by atoms with Crippen molar-refractivity contribution in [1.82, 2.24) is 5.09 Å². The summed E-state index contributed by atoms with van der Waals surface area (Å²) in [5.41, 5.74) is 0.554. The van der Waals surface area contributed by atoms with E-state index in [-0.39, 0.29) is 18.6 Å². The minimum atomic E-state index is -4.60. The van der Waals surface area contributed by atoms with Gasteiger partial charge in [-0.3, -0.25) is 9.59 Å². The van der Waals surface area contributed by atoms with Crippen LogP contribution in [0.25, 0.3) is 0 Å². The molecule has 7 nitrogen and oxygen atoms in total. The van der Waals surface area contributed by atoms with E-state index in [1.165, 1.54) is 12.2 Å². The Morgan fingerprint density at radius 3 is 2.53 bits per heavy atom. The van der Waals surface area contributed by atoms with Crippen LogP contribution < -0.4 is 5.09 Å². The molecule has 0 bridgehead atoms. The predicted octanol–water partition coefficient (Wildman–Crippen LogP) is -0.0326. The number of carboxylic acids is 1. The van der Waals surface area contributed by atoms with Crippen LogP contribution in [0.1, 0.15) is 12.8 Å². The Kier molecular flexibility index (Phi) is 4.36. The summed E-state index contributed by atoms with van der Waals surface area (Å²) in [6.45, 7) is 0. The molecule has 0 fully saturated rings. The Morgan fingerprint density at radius 2 is 2.12 bits per heavy atom. The van der Waals surface area contributed by atoms with Gasteiger partial charge in [0.15, 0.2) is 5.78 Å². The first-order valence-electron chi connectivity index (χ1n) is 4.74. The lowest BCUT2D eigenvalue weighted by Crippen LogP contribution is -2.34. The van der Waals surface area contributed by atoms with Gasteiger partial charge in [-0.05, 0) is 18.1 Å². The molecule has 1 aliphatic rings. The van der Waals surface area contributed by atoms with Crippen LogP contribution in [0, 0.1) is 0 Å². The molecular formula is C9H12NO6P. The summed E-state index contributed by atoms with van der Waals surface area (Å²) >= 11 is 0. The molecule has 0 radical (unpaired) electrons. The zero-order valence-electron chi connectivity index (χ0n) is 8.74. The molecule has 0 saturated heterocycles. The first-order valence-corrected chi connectivity index (χ1v) is 6.35. The van der Waals surface area contributed by atoms with Crippen molar-refractivity contribution >= 4 is 19.5 Å². The Balaban J connectivity index is 2.69. The van der Waals surface area contributed by atoms with Gasteiger partial charge in [-0.15, -0.1) is 0 Å². The van der Waals surface area contributed by atoms with Crippen molar-refractivity contribution in [2.75, 3.05) is 0 Å². The van der Waals surface area contributed by atoms with Crippen molar-refractivity contribution in [2.45, 2.75) is 18.9 Å². The van der Waals surface area contributed by atoms with Gasteiger partial charge in [0.05, 0.1) is 0 Å². The van der Waals surface area contributed by atoms with Gasteiger partial charge in [-0.2, -0.15) is 0 Å². The maximum absolute atomic E-state index is 10.9. The topological polar surface area (TPSA) is 124 Å². The average molecular weight is 261 g/mol. The average Bonchev–Trinajstić information content (AvgIpc) is 2.18. The monoisotopic (exact) mass is 261 g/mol. The van der Waals surface area contributed by atoms with Crippen LogP contribution in [0.15, 0.2) is 23.8 Å². The molecule has 0 aromatic heterocycles. The molecule has 0 spiro atoms. The van der Waals surface area contributed by atoms with Gasteiger partial charge >= 0.3 is 13.7 Å². The molecule has 0 aliphatic heterocycles. The highest BCUT2D eigenvalue weighted by atomic mass is 31.2. The lowest BCUT2D eigenvalue weighted by Gasteiger charge is -2.16. The van der Waals surface area contributed by atoms with Crippen molar-refractivity contribution in [1.29, 1.82) is 0 Å². The predicted molar refractivity (Wildman–Crippen MR) is 58.1 cm³/mol. The van der Waals surface area contributed by atoms with Crippen LogP contribution in [-0.2, 0) is 14.2 Å². The summed E-state index contributed by atoms with van der Waals surface area (Å²) in [5, 5.41) is 10.5. The van der Waals surface area contributed by atoms with Crippen LogP contribution in [0.2, 0.25) is 0 Å². The molecule has 0 amide bonds. The lowest BCUT2D eigenvalue weighted by molar-refractivity contribution is -0.139. The SMILES string of the molecule is O=C1C=CC(C[C@H](NP(=O)(O)O)C(=O)O)=CC1. The van der Waals surface area contributed by atoms with Gasteiger partial charge in [-0.1, -0.05) is 12.2 Å². The van der Waals surface area contributed by atoms with Gasteiger partial charge in [-0.25, -0.2) is 9.65 Å². The molecule has 1 rings (SSSR count). The Hall–Kier alpha value is -1.27. The highest BCUT2D eigenvalue weighted by Gasteiger charge is 2.26. The van der Waals surface area contributed by atoms with E-state index < -0.39 is 19.8 Å². The summed E-state index contributed by atoms with van der Waals surface area (Å²) < 4.78 is 10.7. The van der Waals surface area contributed by atoms with Gasteiger partial charge in [0, 0.05) is 6.42 Å². The number of carbonyl (C=O) groups is 2. The maximum atomic E-state index is 10.9. The van der Waals surface area contributed by atoms with Gasteiger partial charge in [0.25, 0.3) is 0 Å². The van der Waals surface area contributed by atoms with Crippen LogP contribution in [-0.4, -0.2) is 32.7 Å². The fourth-order valence-corrected chi connectivity index (χ4v) is 1.95. The number of aliphatic carboxylic acids is 1. The molecule has 0 heterocycles. The summed E-state index contributed by atoms with van der Waals surface area (Å²) in [6, 6.07) is -1.39. The second-order valence-corrected chi connectivity index (χ2v) is 4.90. The minimum absolute atomic E-state index is 0.0930. The number of allylic oxidation sites excluding steroid dienone is 3. The highest BCUT2D eigenvalue weighted by molar-refractivity contribution is 7.49. The van der Waals surface area contributed by atoms with Gasteiger partial charge in [0.2, 0.25) is 0 Å². The number of hydrogen-bond acceptors (Lipinski definition) is 3. The summed E-state index contributed by atoms with van der Waals surface area (Å²) in [7, 11) is -4.60. The highest BCUT2D eigenvalue weighted by Crippen LogP contribution is 2.30. The normalized spacial score (nSPS) is 17.8. The van der Waals surface area contributed by atoms with E-state index in [0.29, 0.717) is 5.57 Å². The number of nitrogens with one attached hydrogen (secondary N) is 1. The number of rotatable bonds is 5. The summed E-state index contributed by atoms with van der Waals surface area (Å²) in [6.07, 6.45) is 4.38. The molecule has 94 valence electrons.